The molecule has 1 fully saturated rings. The van der Waals surface area contributed by atoms with Gasteiger partial charge in [0, 0.05) is 0 Å². The Balaban J connectivity index is 1.71. The van der Waals surface area contributed by atoms with Crippen molar-refractivity contribution in [1.82, 2.24) is 0 Å². The molecule has 204 valence electrons. The number of aryl methyl sites for hydroxylation is 1. The van der Waals surface area contributed by atoms with Gasteiger partial charge in [0.1, 0.15) is 17.8 Å². The Labute approximate surface area is 226 Å². The molecule has 4 rings (SSSR count). The van der Waals surface area contributed by atoms with E-state index >= 15 is 0 Å². The third kappa shape index (κ3) is 5.37. The Morgan fingerprint density at radius 1 is 0.921 bits per heavy atom. The molecule has 4 atom stereocenters. The van der Waals surface area contributed by atoms with E-state index in [9.17, 15) is 18.6 Å². The first kappa shape index (κ1) is 28.6. The van der Waals surface area contributed by atoms with Crippen LogP contribution in [0.15, 0.2) is 89.8 Å². The lowest BCUT2D eigenvalue weighted by molar-refractivity contribution is -0.168. The van der Waals surface area contributed by atoms with Crippen LogP contribution in [0.25, 0.3) is 0 Å². The van der Waals surface area contributed by atoms with Gasteiger partial charge < -0.3 is 19.4 Å². The lowest BCUT2D eigenvalue weighted by Gasteiger charge is -2.43. The van der Waals surface area contributed by atoms with Gasteiger partial charge in [0.25, 0.3) is 18.4 Å². The number of hydrogen-bond acceptors (Lipinski definition) is 7. The summed E-state index contributed by atoms with van der Waals surface area (Å²) < 4.78 is 44.4. The summed E-state index contributed by atoms with van der Waals surface area (Å²) >= 11 is 0. The van der Waals surface area contributed by atoms with Crippen LogP contribution in [-0.2, 0) is 23.5 Å². The molecule has 1 aliphatic heterocycles. The van der Waals surface area contributed by atoms with Gasteiger partial charge >= 0.3 is 0 Å². The van der Waals surface area contributed by atoms with Crippen molar-refractivity contribution in [2.24, 2.45) is 0 Å². The van der Waals surface area contributed by atoms with Crippen molar-refractivity contribution in [2.75, 3.05) is 6.61 Å². The minimum Gasteiger partial charge on any atom is -0.405 e. The molecule has 0 spiro atoms. The van der Waals surface area contributed by atoms with Gasteiger partial charge in [-0.15, -0.1) is 0 Å². The fourth-order valence-electron chi connectivity index (χ4n) is 5.04. The molecule has 1 aliphatic rings. The van der Waals surface area contributed by atoms with Gasteiger partial charge in [-0.3, -0.25) is 4.18 Å². The van der Waals surface area contributed by atoms with E-state index in [0.717, 1.165) is 15.9 Å². The van der Waals surface area contributed by atoms with Crippen molar-refractivity contribution in [1.29, 1.82) is 0 Å². The molecular formula is C29H36O7SSi. The first-order valence-corrected chi connectivity index (χ1v) is 15.9. The summed E-state index contributed by atoms with van der Waals surface area (Å²) in [5.41, 5.74) is -1.09. The predicted molar refractivity (Wildman–Crippen MR) is 148 cm³/mol. The fourth-order valence-corrected chi connectivity index (χ4v) is 10.8. The number of benzene rings is 3. The van der Waals surface area contributed by atoms with Gasteiger partial charge in [-0.25, -0.2) is 0 Å². The van der Waals surface area contributed by atoms with Crippen molar-refractivity contribution in [3.63, 3.8) is 0 Å². The number of hydrogen-bond donors (Lipinski definition) is 2. The summed E-state index contributed by atoms with van der Waals surface area (Å²) in [6.07, 6.45) is -4.11. The Morgan fingerprint density at radius 3 is 1.89 bits per heavy atom. The van der Waals surface area contributed by atoms with Gasteiger partial charge in [0.15, 0.2) is 6.29 Å². The van der Waals surface area contributed by atoms with Crippen LogP contribution in [0.5, 0.6) is 0 Å². The van der Waals surface area contributed by atoms with Crippen LogP contribution in [0.2, 0.25) is 5.04 Å². The normalized spacial score (nSPS) is 24.4. The summed E-state index contributed by atoms with van der Waals surface area (Å²) in [5, 5.41) is 23.3. The Kier molecular flexibility index (Phi) is 8.03. The first-order valence-electron chi connectivity index (χ1n) is 12.6. The van der Waals surface area contributed by atoms with Crippen LogP contribution in [-0.4, -0.2) is 57.7 Å². The number of aliphatic hydroxyl groups excluding tert-OH is 1. The van der Waals surface area contributed by atoms with E-state index in [2.05, 4.69) is 20.8 Å². The molecule has 3 aromatic carbocycles. The maximum absolute atomic E-state index is 13.1. The molecular weight excluding hydrogens is 520 g/mol. The summed E-state index contributed by atoms with van der Waals surface area (Å²) in [6, 6.07) is 26.2. The second kappa shape index (κ2) is 10.7. The Hall–Kier alpha value is -2.37. The maximum Gasteiger partial charge on any atom is 0.297 e. The molecule has 1 unspecified atom stereocenters. The zero-order chi connectivity index (χ0) is 27.8. The molecule has 0 aromatic heterocycles. The Bertz CT molecular complexity index is 1280. The molecule has 1 heterocycles. The van der Waals surface area contributed by atoms with Crippen LogP contribution in [0.4, 0.5) is 0 Å². The van der Waals surface area contributed by atoms with Gasteiger partial charge in [-0.2, -0.15) is 8.42 Å². The highest BCUT2D eigenvalue weighted by atomic mass is 32.2. The van der Waals surface area contributed by atoms with Crippen LogP contribution >= 0.6 is 0 Å². The van der Waals surface area contributed by atoms with E-state index in [1.807, 2.05) is 67.6 Å². The number of rotatable bonds is 8. The highest BCUT2D eigenvalue weighted by Crippen LogP contribution is 2.39. The summed E-state index contributed by atoms with van der Waals surface area (Å²) in [4.78, 5) is -0.0491. The second-order valence-electron chi connectivity index (χ2n) is 11.0. The third-order valence-electron chi connectivity index (χ3n) is 7.14. The predicted octanol–water partition coefficient (Wildman–Crippen LogP) is 3.11. The zero-order valence-electron chi connectivity index (χ0n) is 22.4. The largest absolute Gasteiger partial charge is 0.405 e. The van der Waals surface area contributed by atoms with E-state index < -0.39 is 42.5 Å². The highest BCUT2D eigenvalue weighted by molar-refractivity contribution is 7.86. The maximum atomic E-state index is 13.1. The molecule has 3 aromatic rings. The summed E-state index contributed by atoms with van der Waals surface area (Å²) in [5.74, 6) is 0. The van der Waals surface area contributed by atoms with Crippen molar-refractivity contribution in [2.45, 2.75) is 68.7 Å². The average Bonchev–Trinajstić information content (AvgIpc) is 3.07. The molecule has 7 nitrogen and oxygen atoms in total. The van der Waals surface area contributed by atoms with Gasteiger partial charge in [-0.1, -0.05) is 99.1 Å². The number of ether oxygens (including phenoxy) is 1. The molecule has 38 heavy (non-hydrogen) atoms. The molecule has 9 heteroatoms. The van der Waals surface area contributed by atoms with Crippen LogP contribution < -0.4 is 10.4 Å². The van der Waals surface area contributed by atoms with Crippen LogP contribution in [0, 0.1) is 6.92 Å². The summed E-state index contributed by atoms with van der Waals surface area (Å²) in [6.45, 7) is 9.41. The highest BCUT2D eigenvalue weighted by Gasteiger charge is 2.57. The molecule has 0 radical (unpaired) electrons. The van der Waals surface area contributed by atoms with E-state index in [1.165, 1.54) is 19.1 Å². The quantitative estimate of drug-likeness (QED) is 0.325. The first-order chi connectivity index (χ1) is 17.8. The molecule has 0 bridgehead atoms. The van der Waals surface area contributed by atoms with Gasteiger partial charge in [-0.05, 0) is 41.4 Å². The number of aliphatic hydroxyl groups is 2. The van der Waals surface area contributed by atoms with Crippen LogP contribution in [0.1, 0.15) is 33.3 Å². The molecule has 2 N–H and O–H groups in total. The molecule has 0 aliphatic carbocycles. The SMILES string of the molecule is Cc1ccc(S(=O)(=O)O[C@@H]2[C@@H](CO[Si](c3ccccc3)(c3ccccc3)C(C)(C)C)OC(O)[C@]2(C)O)cc1. The van der Waals surface area contributed by atoms with Crippen molar-refractivity contribution < 1.29 is 32.0 Å². The van der Waals surface area contributed by atoms with E-state index in [4.69, 9.17) is 13.3 Å². The molecule has 1 saturated heterocycles. The van der Waals surface area contributed by atoms with E-state index in [-0.39, 0.29) is 16.5 Å². The van der Waals surface area contributed by atoms with Crippen LogP contribution in [0.3, 0.4) is 0 Å². The second-order valence-corrected chi connectivity index (χ2v) is 16.9. The van der Waals surface area contributed by atoms with Crippen molar-refractivity contribution in [3.05, 3.63) is 90.5 Å². The summed E-state index contributed by atoms with van der Waals surface area (Å²) in [7, 11) is -7.26. The topological polar surface area (TPSA) is 102 Å². The Morgan fingerprint density at radius 2 is 1.42 bits per heavy atom. The minimum absolute atomic E-state index is 0.0491. The van der Waals surface area contributed by atoms with Crippen molar-refractivity contribution >= 4 is 28.8 Å². The lowest BCUT2D eigenvalue weighted by Crippen LogP contribution is -2.67. The fraction of sp³-hybridized carbons (Fsp3) is 0.379. The molecule has 0 amide bonds. The zero-order valence-corrected chi connectivity index (χ0v) is 24.2. The lowest BCUT2D eigenvalue weighted by atomic mass is 9.98. The minimum atomic E-state index is -4.27. The average molecular weight is 557 g/mol. The van der Waals surface area contributed by atoms with Gasteiger partial charge in [0.2, 0.25) is 0 Å². The molecule has 0 saturated carbocycles. The van der Waals surface area contributed by atoms with Gasteiger partial charge in [0.05, 0.1) is 11.5 Å². The third-order valence-corrected chi connectivity index (χ3v) is 13.5. The smallest absolute Gasteiger partial charge is 0.297 e. The van der Waals surface area contributed by atoms with E-state index in [1.54, 1.807) is 12.1 Å². The van der Waals surface area contributed by atoms with E-state index in [0.29, 0.717) is 0 Å². The monoisotopic (exact) mass is 556 g/mol. The van der Waals surface area contributed by atoms with Crippen molar-refractivity contribution in [3.8, 4) is 0 Å². The standard InChI is InChI=1S/C29H36O7SSi/c1-21-16-18-22(19-17-21)37(32,33)36-26-25(35-27(30)29(26,5)31)20-34-38(28(2,3)4,23-12-8-6-9-13-23)24-14-10-7-11-15-24/h6-19,25-27,30-31H,20H2,1-5H3/t25-,26-,27?,29-/m1/s1.